The van der Waals surface area contributed by atoms with Crippen LogP contribution in [0.3, 0.4) is 0 Å². The summed E-state index contributed by atoms with van der Waals surface area (Å²) >= 11 is 4.22. The van der Waals surface area contributed by atoms with Crippen LogP contribution < -0.4 is 5.32 Å². The van der Waals surface area contributed by atoms with Gasteiger partial charge in [0.1, 0.15) is 0 Å². The molecular formula is C15H21NOS. The van der Waals surface area contributed by atoms with Crippen LogP contribution in [-0.4, -0.2) is 11.9 Å². The average molecular weight is 263 g/mol. The molecule has 1 N–H and O–H groups in total. The van der Waals surface area contributed by atoms with E-state index in [9.17, 15) is 4.79 Å². The number of hydrogen-bond acceptors (Lipinski definition) is 2. The van der Waals surface area contributed by atoms with Gasteiger partial charge >= 0.3 is 0 Å². The second kappa shape index (κ2) is 6.28. The van der Waals surface area contributed by atoms with E-state index in [2.05, 4.69) is 24.9 Å². The molecule has 1 atom stereocenters. The Hall–Kier alpha value is -0.960. The van der Waals surface area contributed by atoms with Crippen molar-refractivity contribution in [2.45, 2.75) is 50.0 Å². The Bertz CT molecular complexity index is 395. The van der Waals surface area contributed by atoms with Gasteiger partial charge in [0, 0.05) is 16.5 Å². The smallest absolute Gasteiger partial charge is 0.251 e. The van der Waals surface area contributed by atoms with Gasteiger partial charge in [-0.3, -0.25) is 4.79 Å². The van der Waals surface area contributed by atoms with Crippen LogP contribution in [0.4, 0.5) is 0 Å². The van der Waals surface area contributed by atoms with E-state index in [1.165, 1.54) is 32.1 Å². The minimum atomic E-state index is 0.0291. The minimum absolute atomic E-state index is 0.0291. The molecule has 1 amide bonds. The first kappa shape index (κ1) is 13.5. The molecule has 2 nitrogen and oxygen atoms in total. The number of rotatable bonds is 3. The van der Waals surface area contributed by atoms with Gasteiger partial charge in [-0.25, -0.2) is 0 Å². The third-order valence-electron chi connectivity index (χ3n) is 3.85. The van der Waals surface area contributed by atoms with Crippen LogP contribution in [0.15, 0.2) is 29.2 Å². The maximum absolute atomic E-state index is 12.1. The lowest BCUT2D eigenvalue weighted by atomic mass is 9.84. The maximum Gasteiger partial charge on any atom is 0.251 e. The van der Waals surface area contributed by atoms with E-state index in [0.717, 1.165) is 10.5 Å². The van der Waals surface area contributed by atoms with Crippen molar-refractivity contribution in [3.05, 3.63) is 29.8 Å². The summed E-state index contributed by atoms with van der Waals surface area (Å²) < 4.78 is 0. The molecule has 18 heavy (non-hydrogen) atoms. The van der Waals surface area contributed by atoms with Gasteiger partial charge in [-0.2, -0.15) is 0 Å². The van der Waals surface area contributed by atoms with Crippen LogP contribution in [0.1, 0.15) is 49.4 Å². The first-order chi connectivity index (χ1) is 8.66. The maximum atomic E-state index is 12.1. The molecule has 1 aliphatic carbocycles. The number of benzene rings is 1. The zero-order valence-electron chi connectivity index (χ0n) is 10.9. The van der Waals surface area contributed by atoms with Crippen molar-refractivity contribution in [2.75, 3.05) is 0 Å². The van der Waals surface area contributed by atoms with Crippen LogP contribution in [0.2, 0.25) is 0 Å². The van der Waals surface area contributed by atoms with Gasteiger partial charge in [-0.1, -0.05) is 19.3 Å². The molecule has 0 heterocycles. The van der Waals surface area contributed by atoms with Crippen LogP contribution in [0.5, 0.6) is 0 Å². The average Bonchev–Trinajstić information content (AvgIpc) is 2.40. The van der Waals surface area contributed by atoms with Gasteiger partial charge in [0.05, 0.1) is 0 Å². The molecule has 0 radical (unpaired) electrons. The fraction of sp³-hybridized carbons (Fsp3) is 0.533. The van der Waals surface area contributed by atoms with Crippen molar-refractivity contribution in [3.63, 3.8) is 0 Å². The van der Waals surface area contributed by atoms with Crippen LogP contribution in [0.25, 0.3) is 0 Å². The highest BCUT2D eigenvalue weighted by atomic mass is 32.1. The second-order valence-corrected chi connectivity index (χ2v) is 5.72. The summed E-state index contributed by atoms with van der Waals surface area (Å²) in [5.41, 5.74) is 0.718. The predicted octanol–water partition coefficient (Wildman–Crippen LogP) is 3.67. The summed E-state index contributed by atoms with van der Waals surface area (Å²) in [6, 6.07) is 7.62. The van der Waals surface area contributed by atoms with E-state index in [1.807, 2.05) is 24.3 Å². The molecule has 0 aliphatic heterocycles. The second-order valence-electron chi connectivity index (χ2n) is 5.21. The van der Waals surface area contributed by atoms with Crippen molar-refractivity contribution < 1.29 is 4.79 Å². The Kier molecular flexibility index (Phi) is 4.70. The number of carbonyl (C=O) groups is 1. The lowest BCUT2D eigenvalue weighted by Crippen LogP contribution is -2.38. The van der Waals surface area contributed by atoms with Gasteiger partial charge in [0.2, 0.25) is 0 Å². The Labute approximate surface area is 115 Å². The monoisotopic (exact) mass is 263 g/mol. The summed E-state index contributed by atoms with van der Waals surface area (Å²) in [4.78, 5) is 13.0. The van der Waals surface area contributed by atoms with Crippen molar-refractivity contribution in [1.82, 2.24) is 5.32 Å². The largest absolute Gasteiger partial charge is 0.349 e. The summed E-state index contributed by atoms with van der Waals surface area (Å²) in [6.07, 6.45) is 6.45. The Morgan fingerprint density at radius 1 is 1.22 bits per heavy atom. The van der Waals surface area contributed by atoms with Crippen LogP contribution >= 0.6 is 12.6 Å². The molecule has 1 saturated carbocycles. The molecule has 0 saturated heterocycles. The lowest BCUT2D eigenvalue weighted by molar-refractivity contribution is 0.0919. The van der Waals surface area contributed by atoms with Gasteiger partial charge in [0.15, 0.2) is 0 Å². The summed E-state index contributed by atoms with van der Waals surface area (Å²) in [5, 5.41) is 3.12. The Balaban J connectivity index is 1.91. The molecule has 2 rings (SSSR count). The Morgan fingerprint density at radius 2 is 1.83 bits per heavy atom. The number of amides is 1. The van der Waals surface area contributed by atoms with Crippen molar-refractivity contribution in [2.24, 2.45) is 5.92 Å². The highest BCUT2D eigenvalue weighted by Crippen LogP contribution is 2.26. The van der Waals surface area contributed by atoms with Gasteiger partial charge < -0.3 is 5.32 Å². The molecule has 0 bridgehead atoms. The van der Waals surface area contributed by atoms with E-state index in [0.29, 0.717) is 5.92 Å². The minimum Gasteiger partial charge on any atom is -0.349 e. The summed E-state index contributed by atoms with van der Waals surface area (Å²) in [6.45, 7) is 2.13. The van der Waals surface area contributed by atoms with Gasteiger partial charge in [-0.05, 0) is 49.9 Å². The highest BCUT2D eigenvalue weighted by Gasteiger charge is 2.21. The van der Waals surface area contributed by atoms with E-state index in [4.69, 9.17) is 0 Å². The van der Waals surface area contributed by atoms with Crippen LogP contribution in [0, 0.1) is 5.92 Å². The number of thiol groups is 1. The molecule has 3 heteroatoms. The number of carbonyl (C=O) groups excluding carboxylic acids is 1. The SMILES string of the molecule is CC(NC(=O)c1ccc(S)cc1)C1CCCCC1. The zero-order valence-corrected chi connectivity index (χ0v) is 11.7. The quantitative estimate of drug-likeness (QED) is 0.800. The molecule has 0 aromatic heterocycles. The first-order valence-electron chi connectivity index (χ1n) is 6.76. The van der Waals surface area contributed by atoms with Gasteiger partial charge in [-0.15, -0.1) is 12.6 Å². The van der Waals surface area contributed by atoms with E-state index in [-0.39, 0.29) is 11.9 Å². The van der Waals surface area contributed by atoms with E-state index < -0.39 is 0 Å². The normalized spacial score (nSPS) is 18.3. The van der Waals surface area contributed by atoms with E-state index in [1.54, 1.807) is 0 Å². The molecular weight excluding hydrogens is 242 g/mol. The third-order valence-corrected chi connectivity index (χ3v) is 4.14. The predicted molar refractivity (Wildman–Crippen MR) is 77.2 cm³/mol. The molecule has 98 valence electrons. The summed E-state index contributed by atoms with van der Waals surface area (Å²) in [5.74, 6) is 0.674. The molecule has 1 aromatic rings. The van der Waals surface area contributed by atoms with Crippen molar-refractivity contribution in [3.8, 4) is 0 Å². The van der Waals surface area contributed by atoms with Crippen LogP contribution in [-0.2, 0) is 0 Å². The fourth-order valence-electron chi connectivity index (χ4n) is 2.65. The first-order valence-corrected chi connectivity index (χ1v) is 7.21. The third kappa shape index (κ3) is 3.52. The summed E-state index contributed by atoms with van der Waals surface area (Å²) in [7, 11) is 0. The standard InChI is InChI=1S/C15H21NOS/c1-11(12-5-3-2-4-6-12)16-15(17)13-7-9-14(18)10-8-13/h7-12,18H,2-6H2,1H3,(H,16,17). The number of nitrogens with one attached hydrogen (secondary N) is 1. The number of hydrogen-bond donors (Lipinski definition) is 2. The zero-order chi connectivity index (χ0) is 13.0. The van der Waals surface area contributed by atoms with Crippen molar-refractivity contribution in [1.29, 1.82) is 0 Å². The molecule has 1 unspecified atom stereocenters. The van der Waals surface area contributed by atoms with Gasteiger partial charge in [0.25, 0.3) is 5.91 Å². The molecule has 0 spiro atoms. The molecule has 1 aromatic carbocycles. The Morgan fingerprint density at radius 3 is 2.44 bits per heavy atom. The van der Waals surface area contributed by atoms with Crippen molar-refractivity contribution >= 4 is 18.5 Å². The molecule has 1 aliphatic rings. The highest BCUT2D eigenvalue weighted by molar-refractivity contribution is 7.80. The fourth-order valence-corrected chi connectivity index (χ4v) is 2.80. The lowest BCUT2D eigenvalue weighted by Gasteiger charge is -2.28. The molecule has 1 fully saturated rings. The topological polar surface area (TPSA) is 29.1 Å². The van der Waals surface area contributed by atoms with E-state index >= 15 is 0 Å².